The van der Waals surface area contributed by atoms with Gasteiger partial charge in [0.25, 0.3) is 6.43 Å². The summed E-state index contributed by atoms with van der Waals surface area (Å²) in [6, 6.07) is 5.58. The highest BCUT2D eigenvalue weighted by molar-refractivity contribution is 5.89. The first kappa shape index (κ1) is 23.9. The maximum atomic E-state index is 13.1. The van der Waals surface area contributed by atoms with E-state index in [1.54, 1.807) is 43.5 Å². The number of alkyl halides is 2. The van der Waals surface area contributed by atoms with E-state index in [4.69, 9.17) is 0 Å². The number of carbonyl (C=O) groups is 1. The normalized spacial score (nSPS) is 19.6. The molecule has 4 aromatic rings. The van der Waals surface area contributed by atoms with Gasteiger partial charge in [-0.2, -0.15) is 4.98 Å². The maximum Gasteiger partial charge on any atom is 0.256 e. The maximum absolute atomic E-state index is 13.1. The van der Waals surface area contributed by atoms with E-state index in [-0.39, 0.29) is 17.4 Å². The number of halogens is 2. The Hall–Kier alpha value is -3.83. The van der Waals surface area contributed by atoms with Crippen LogP contribution in [0.25, 0.3) is 27.9 Å². The second kappa shape index (κ2) is 8.68. The molecule has 1 aliphatic carbocycles. The molecule has 2 N–H and O–H groups in total. The fourth-order valence-corrected chi connectivity index (χ4v) is 5.12. The highest BCUT2D eigenvalue weighted by Crippen LogP contribution is 2.43. The smallest absolute Gasteiger partial charge is 0.256 e. The molecular weight excluding hydrogens is 468 g/mol. The van der Waals surface area contributed by atoms with Crippen LogP contribution in [0.4, 0.5) is 20.5 Å². The quantitative estimate of drug-likeness (QED) is 0.403. The molecule has 0 saturated heterocycles. The number of hydrogen-bond acceptors (Lipinski definition) is 7. The average molecular weight is 498 g/mol. The molecule has 4 heterocycles. The Morgan fingerprint density at radius 2 is 1.97 bits per heavy atom. The van der Waals surface area contributed by atoms with Gasteiger partial charge in [0, 0.05) is 38.9 Å². The first-order valence-electron chi connectivity index (χ1n) is 11.8. The molecular formula is C24H29F2N9O. The summed E-state index contributed by atoms with van der Waals surface area (Å²) in [5, 5.41) is 11.1. The van der Waals surface area contributed by atoms with Crippen molar-refractivity contribution in [2.45, 2.75) is 45.7 Å². The van der Waals surface area contributed by atoms with Gasteiger partial charge >= 0.3 is 0 Å². The molecule has 1 fully saturated rings. The van der Waals surface area contributed by atoms with Gasteiger partial charge in [-0.15, -0.1) is 5.10 Å². The number of aryl methyl sites for hydroxylation is 1. The van der Waals surface area contributed by atoms with Crippen LogP contribution >= 0.6 is 0 Å². The number of amides is 1. The lowest BCUT2D eigenvalue weighted by atomic mass is 9.66. The summed E-state index contributed by atoms with van der Waals surface area (Å²) in [5.41, 5.74) is 2.69. The summed E-state index contributed by atoms with van der Waals surface area (Å²) < 4.78 is 29.4. The van der Waals surface area contributed by atoms with Crippen molar-refractivity contribution in [3.63, 3.8) is 0 Å². The fraction of sp³-hybridized carbons (Fsp3) is 0.458. The van der Waals surface area contributed by atoms with Crippen LogP contribution in [0.3, 0.4) is 0 Å². The summed E-state index contributed by atoms with van der Waals surface area (Å²) in [5.74, 6) is 1.66. The Morgan fingerprint density at radius 1 is 1.22 bits per heavy atom. The number of imidazole rings is 1. The number of hydrogen-bond donors (Lipinski definition) is 2. The molecule has 0 aliphatic heterocycles. The Bertz CT molecular complexity index is 1450. The van der Waals surface area contributed by atoms with Gasteiger partial charge in [0.05, 0.1) is 17.7 Å². The SMILES string of the molecule is CNc1nc(NC2CC(C)(C(=O)N(C)C)C2)nn2ccc(-c3ccc4nc(C)n(CC(F)F)c4n3)c12. The second-order valence-electron chi connectivity index (χ2n) is 9.77. The van der Waals surface area contributed by atoms with Crippen molar-refractivity contribution in [2.24, 2.45) is 5.41 Å². The van der Waals surface area contributed by atoms with Gasteiger partial charge in [0.15, 0.2) is 11.5 Å². The topological polar surface area (TPSA) is 105 Å². The number of rotatable bonds is 7. The van der Waals surface area contributed by atoms with Gasteiger partial charge in [-0.1, -0.05) is 6.92 Å². The molecule has 4 aromatic heterocycles. The van der Waals surface area contributed by atoms with Gasteiger partial charge in [0.2, 0.25) is 11.9 Å². The van der Waals surface area contributed by atoms with Crippen molar-refractivity contribution in [3.8, 4) is 11.3 Å². The molecule has 1 saturated carbocycles. The highest BCUT2D eigenvalue weighted by Gasteiger charge is 2.47. The van der Waals surface area contributed by atoms with Crippen molar-refractivity contribution in [3.05, 3.63) is 30.2 Å². The van der Waals surface area contributed by atoms with Crippen molar-refractivity contribution in [1.82, 2.24) is 34.0 Å². The average Bonchev–Trinajstić information content (AvgIpc) is 3.37. The number of nitrogens with zero attached hydrogens (tertiary/aromatic N) is 7. The number of pyridine rings is 1. The summed E-state index contributed by atoms with van der Waals surface area (Å²) in [6.07, 6.45) is 0.707. The third-order valence-electron chi connectivity index (χ3n) is 6.78. The van der Waals surface area contributed by atoms with Gasteiger partial charge < -0.3 is 20.1 Å². The monoisotopic (exact) mass is 497 g/mol. The fourth-order valence-electron chi connectivity index (χ4n) is 5.12. The van der Waals surface area contributed by atoms with Gasteiger partial charge in [-0.25, -0.2) is 23.3 Å². The molecule has 190 valence electrons. The summed E-state index contributed by atoms with van der Waals surface area (Å²) in [6.45, 7) is 3.21. The van der Waals surface area contributed by atoms with Crippen LogP contribution in [0, 0.1) is 12.3 Å². The van der Waals surface area contributed by atoms with Gasteiger partial charge in [0.1, 0.15) is 16.9 Å². The van der Waals surface area contributed by atoms with Crippen LogP contribution in [0.1, 0.15) is 25.6 Å². The van der Waals surface area contributed by atoms with E-state index in [1.165, 1.54) is 4.57 Å². The van der Waals surface area contributed by atoms with Crippen LogP contribution in [-0.2, 0) is 11.3 Å². The molecule has 0 aromatic carbocycles. The molecule has 10 nitrogen and oxygen atoms in total. The van der Waals surface area contributed by atoms with E-state index in [2.05, 4.69) is 30.7 Å². The minimum absolute atomic E-state index is 0.0959. The molecule has 36 heavy (non-hydrogen) atoms. The van der Waals surface area contributed by atoms with Crippen molar-refractivity contribution in [1.29, 1.82) is 0 Å². The molecule has 12 heteroatoms. The molecule has 0 unspecified atom stereocenters. The van der Waals surface area contributed by atoms with Gasteiger partial charge in [-0.3, -0.25) is 4.79 Å². The van der Waals surface area contributed by atoms with Crippen LogP contribution in [0.5, 0.6) is 0 Å². The number of aromatic nitrogens is 6. The summed E-state index contributed by atoms with van der Waals surface area (Å²) in [7, 11) is 5.32. The lowest BCUT2D eigenvalue weighted by molar-refractivity contribution is -0.143. The number of anilines is 2. The second-order valence-corrected chi connectivity index (χ2v) is 9.77. The first-order chi connectivity index (χ1) is 17.1. The Balaban J connectivity index is 1.46. The van der Waals surface area contributed by atoms with Crippen LogP contribution in [-0.4, -0.2) is 73.6 Å². The molecule has 5 rings (SSSR count). The minimum Gasteiger partial charge on any atom is -0.371 e. The van der Waals surface area contributed by atoms with E-state index in [0.717, 1.165) is 5.56 Å². The standard InChI is InChI=1S/C24H29F2N9O/c1-13-28-17-7-6-16(30-21(17)34(13)12-18(25)26)15-8-9-35-19(15)20(27-3)31-23(32-35)29-14-10-24(2,11-14)22(36)33(4)5/h6-9,14,18H,10-12H2,1-5H3,(H2,27,29,31,32). The lowest BCUT2D eigenvalue weighted by Gasteiger charge is -2.45. The van der Waals surface area contributed by atoms with Crippen LogP contribution in [0.2, 0.25) is 0 Å². The minimum atomic E-state index is -2.51. The van der Waals surface area contributed by atoms with E-state index in [0.29, 0.717) is 52.8 Å². The summed E-state index contributed by atoms with van der Waals surface area (Å²) >= 11 is 0. The highest BCUT2D eigenvalue weighted by atomic mass is 19.3. The van der Waals surface area contributed by atoms with Crippen molar-refractivity contribution >= 4 is 34.4 Å². The summed E-state index contributed by atoms with van der Waals surface area (Å²) in [4.78, 5) is 27.7. The third kappa shape index (κ3) is 3.99. The largest absolute Gasteiger partial charge is 0.371 e. The predicted octanol–water partition coefficient (Wildman–Crippen LogP) is 3.43. The molecule has 0 atom stereocenters. The molecule has 1 amide bonds. The van der Waals surface area contributed by atoms with E-state index in [9.17, 15) is 13.6 Å². The van der Waals surface area contributed by atoms with Crippen molar-refractivity contribution < 1.29 is 13.6 Å². The third-order valence-corrected chi connectivity index (χ3v) is 6.78. The van der Waals surface area contributed by atoms with Crippen LogP contribution in [0.15, 0.2) is 24.4 Å². The van der Waals surface area contributed by atoms with E-state index in [1.807, 2.05) is 25.3 Å². The van der Waals surface area contributed by atoms with E-state index < -0.39 is 13.0 Å². The Morgan fingerprint density at radius 3 is 2.64 bits per heavy atom. The zero-order valence-electron chi connectivity index (χ0n) is 20.9. The molecule has 1 aliphatic rings. The van der Waals surface area contributed by atoms with Crippen molar-refractivity contribution in [2.75, 3.05) is 31.8 Å². The number of fused-ring (bicyclic) bond motifs is 2. The molecule has 0 bridgehead atoms. The zero-order valence-corrected chi connectivity index (χ0v) is 20.9. The lowest BCUT2D eigenvalue weighted by Crippen LogP contribution is -2.52. The van der Waals surface area contributed by atoms with Gasteiger partial charge in [-0.05, 0) is 38.0 Å². The molecule has 0 radical (unpaired) electrons. The number of carbonyl (C=O) groups excluding carboxylic acids is 1. The zero-order chi connectivity index (χ0) is 25.8. The Labute approximate surface area is 206 Å². The number of nitrogens with one attached hydrogen (secondary N) is 2. The predicted molar refractivity (Wildman–Crippen MR) is 133 cm³/mol. The Kier molecular flexibility index (Phi) is 5.76. The molecule has 0 spiro atoms. The van der Waals surface area contributed by atoms with Crippen LogP contribution < -0.4 is 10.6 Å². The van der Waals surface area contributed by atoms with E-state index >= 15 is 0 Å². The first-order valence-corrected chi connectivity index (χ1v) is 11.8.